The Hall–Kier alpha value is -2.39. The highest BCUT2D eigenvalue weighted by Gasteiger charge is 2.22. The number of carbonyl (C=O) groups excluding carboxylic acids is 2. The fraction of sp³-hybridized carbons (Fsp3) is 0.500. The second kappa shape index (κ2) is 9.89. The lowest BCUT2D eigenvalue weighted by Gasteiger charge is -2.32. The molecule has 2 heterocycles. The molecule has 29 heavy (non-hydrogen) atoms. The molecule has 1 aliphatic heterocycles. The summed E-state index contributed by atoms with van der Waals surface area (Å²) < 4.78 is 1.96. The standard InChI is InChI=1S/C20H28N6O2S/c1-4-26-18(15(2)21-19(28)16-8-6-5-7-9-16)22-23-20(26)29-14-17(27)25-12-10-24(3)11-13-25/h5-9,15H,4,10-14H2,1-3H3,(H,21,28)/t15-/m1/s1. The molecule has 2 amide bonds. The van der Waals surface area contributed by atoms with Gasteiger partial charge in [0.1, 0.15) is 0 Å². The molecule has 3 rings (SSSR count). The van der Waals surface area contributed by atoms with E-state index < -0.39 is 0 Å². The third-order valence-corrected chi connectivity index (χ3v) is 5.96. The number of likely N-dealkylation sites (N-methyl/N-ethyl adjacent to an activating group) is 1. The van der Waals surface area contributed by atoms with Crippen LogP contribution in [0.4, 0.5) is 0 Å². The number of thioether (sulfide) groups is 1. The van der Waals surface area contributed by atoms with Crippen molar-refractivity contribution in [3.63, 3.8) is 0 Å². The van der Waals surface area contributed by atoms with E-state index in [0.29, 0.717) is 28.8 Å². The third-order valence-electron chi connectivity index (χ3n) is 5.01. The van der Waals surface area contributed by atoms with Gasteiger partial charge in [-0.15, -0.1) is 10.2 Å². The number of amides is 2. The van der Waals surface area contributed by atoms with Gasteiger partial charge in [-0.2, -0.15) is 0 Å². The summed E-state index contributed by atoms with van der Waals surface area (Å²) in [5, 5.41) is 12.2. The Labute approximate surface area is 175 Å². The van der Waals surface area contributed by atoms with Crippen molar-refractivity contribution >= 4 is 23.6 Å². The molecule has 0 radical (unpaired) electrons. The van der Waals surface area contributed by atoms with Crippen molar-refractivity contribution < 1.29 is 9.59 Å². The van der Waals surface area contributed by atoms with Crippen molar-refractivity contribution in [1.29, 1.82) is 0 Å². The van der Waals surface area contributed by atoms with E-state index in [0.717, 1.165) is 26.2 Å². The Morgan fingerprint density at radius 3 is 2.48 bits per heavy atom. The number of rotatable bonds is 7. The molecule has 8 nitrogen and oxygen atoms in total. The van der Waals surface area contributed by atoms with E-state index in [2.05, 4.69) is 27.5 Å². The normalized spacial score (nSPS) is 15.9. The number of hydrogen-bond donors (Lipinski definition) is 1. The third kappa shape index (κ3) is 5.36. The van der Waals surface area contributed by atoms with E-state index in [1.807, 2.05) is 41.5 Å². The highest BCUT2D eigenvalue weighted by Crippen LogP contribution is 2.21. The molecule has 1 N–H and O–H groups in total. The maximum absolute atomic E-state index is 12.5. The minimum absolute atomic E-state index is 0.126. The molecule has 0 bridgehead atoms. The van der Waals surface area contributed by atoms with E-state index in [1.54, 1.807) is 12.1 Å². The molecule has 1 aromatic carbocycles. The number of aromatic nitrogens is 3. The van der Waals surface area contributed by atoms with Crippen molar-refractivity contribution in [3.8, 4) is 0 Å². The highest BCUT2D eigenvalue weighted by molar-refractivity contribution is 7.99. The maximum Gasteiger partial charge on any atom is 0.251 e. The molecule has 0 spiro atoms. The smallest absolute Gasteiger partial charge is 0.251 e. The number of nitrogens with zero attached hydrogens (tertiary/aromatic N) is 5. The van der Waals surface area contributed by atoms with Crippen LogP contribution in [0, 0.1) is 0 Å². The van der Waals surface area contributed by atoms with Crippen molar-refractivity contribution in [3.05, 3.63) is 41.7 Å². The van der Waals surface area contributed by atoms with Crippen LogP contribution < -0.4 is 5.32 Å². The van der Waals surface area contributed by atoms with Crippen molar-refractivity contribution in [2.45, 2.75) is 31.6 Å². The fourth-order valence-electron chi connectivity index (χ4n) is 3.23. The second-order valence-corrected chi connectivity index (χ2v) is 8.06. The average Bonchev–Trinajstić information content (AvgIpc) is 3.16. The highest BCUT2D eigenvalue weighted by atomic mass is 32.2. The molecule has 0 aliphatic carbocycles. The van der Waals surface area contributed by atoms with Gasteiger partial charge >= 0.3 is 0 Å². The molecule has 1 fully saturated rings. The van der Waals surface area contributed by atoms with Gasteiger partial charge in [-0.3, -0.25) is 9.59 Å². The number of piperazine rings is 1. The topological polar surface area (TPSA) is 83.4 Å². The van der Waals surface area contributed by atoms with Gasteiger partial charge in [0, 0.05) is 38.3 Å². The van der Waals surface area contributed by atoms with Gasteiger partial charge in [-0.25, -0.2) is 0 Å². The molecular formula is C20H28N6O2S. The zero-order valence-electron chi connectivity index (χ0n) is 17.2. The summed E-state index contributed by atoms with van der Waals surface area (Å²) in [5.41, 5.74) is 0.606. The van der Waals surface area contributed by atoms with Crippen molar-refractivity contribution in [1.82, 2.24) is 29.9 Å². The van der Waals surface area contributed by atoms with E-state index in [-0.39, 0.29) is 17.9 Å². The molecule has 1 atom stereocenters. The van der Waals surface area contributed by atoms with Gasteiger partial charge in [0.15, 0.2) is 11.0 Å². The zero-order valence-corrected chi connectivity index (χ0v) is 18.0. The molecule has 1 aliphatic rings. The lowest BCUT2D eigenvalue weighted by atomic mass is 10.2. The largest absolute Gasteiger partial charge is 0.342 e. The Morgan fingerprint density at radius 1 is 1.14 bits per heavy atom. The van der Waals surface area contributed by atoms with Gasteiger partial charge < -0.3 is 19.7 Å². The number of carbonyl (C=O) groups is 2. The Balaban J connectivity index is 1.60. The van der Waals surface area contributed by atoms with Crippen LogP contribution in [0.15, 0.2) is 35.5 Å². The minimum Gasteiger partial charge on any atom is -0.342 e. The predicted octanol–water partition coefficient (Wildman–Crippen LogP) is 1.66. The van der Waals surface area contributed by atoms with Crippen LogP contribution in [0.3, 0.4) is 0 Å². The Morgan fingerprint density at radius 2 is 1.83 bits per heavy atom. The van der Waals surface area contributed by atoms with E-state index in [9.17, 15) is 9.59 Å². The van der Waals surface area contributed by atoms with Crippen LogP contribution >= 0.6 is 11.8 Å². The van der Waals surface area contributed by atoms with Crippen molar-refractivity contribution in [2.75, 3.05) is 39.0 Å². The first-order valence-corrected chi connectivity index (χ1v) is 10.9. The van der Waals surface area contributed by atoms with Gasteiger partial charge in [0.05, 0.1) is 11.8 Å². The lowest BCUT2D eigenvalue weighted by molar-refractivity contribution is -0.129. The van der Waals surface area contributed by atoms with Gasteiger partial charge in [0.2, 0.25) is 5.91 Å². The summed E-state index contributed by atoms with van der Waals surface area (Å²) in [6, 6.07) is 8.80. The van der Waals surface area contributed by atoms with Crippen LogP contribution in [0.2, 0.25) is 0 Å². The molecule has 2 aromatic rings. The summed E-state index contributed by atoms with van der Waals surface area (Å²) >= 11 is 1.40. The second-order valence-electron chi connectivity index (χ2n) is 7.12. The van der Waals surface area contributed by atoms with E-state index >= 15 is 0 Å². The maximum atomic E-state index is 12.5. The quantitative estimate of drug-likeness (QED) is 0.691. The van der Waals surface area contributed by atoms with Gasteiger partial charge in [0.25, 0.3) is 5.91 Å². The average molecular weight is 417 g/mol. The first-order valence-electron chi connectivity index (χ1n) is 9.87. The molecular weight excluding hydrogens is 388 g/mol. The molecule has 1 saturated heterocycles. The van der Waals surface area contributed by atoms with Crippen LogP contribution in [0.1, 0.15) is 36.1 Å². The Bertz CT molecular complexity index is 833. The predicted molar refractivity (Wildman–Crippen MR) is 113 cm³/mol. The number of benzene rings is 1. The molecule has 0 unspecified atom stereocenters. The monoisotopic (exact) mass is 416 g/mol. The summed E-state index contributed by atoms with van der Waals surface area (Å²) in [4.78, 5) is 29.0. The van der Waals surface area contributed by atoms with Crippen molar-refractivity contribution in [2.24, 2.45) is 0 Å². The van der Waals surface area contributed by atoms with E-state index in [4.69, 9.17) is 0 Å². The van der Waals surface area contributed by atoms with Crippen LogP contribution in [-0.4, -0.2) is 75.4 Å². The first kappa shape index (κ1) is 21.3. The molecule has 0 saturated carbocycles. The van der Waals surface area contributed by atoms with E-state index in [1.165, 1.54) is 11.8 Å². The van der Waals surface area contributed by atoms with Gasteiger partial charge in [-0.05, 0) is 33.0 Å². The molecule has 1 aromatic heterocycles. The fourth-order valence-corrected chi connectivity index (χ4v) is 4.14. The lowest BCUT2D eigenvalue weighted by Crippen LogP contribution is -2.47. The minimum atomic E-state index is -0.294. The molecule has 156 valence electrons. The zero-order chi connectivity index (χ0) is 20.8. The summed E-state index contributed by atoms with van der Waals surface area (Å²) in [6.07, 6.45) is 0. The van der Waals surface area contributed by atoms with Gasteiger partial charge in [-0.1, -0.05) is 30.0 Å². The summed E-state index contributed by atoms with van der Waals surface area (Å²) in [6.45, 7) is 7.91. The number of nitrogens with one attached hydrogen (secondary N) is 1. The summed E-state index contributed by atoms with van der Waals surface area (Å²) in [5.74, 6) is 1.00. The molecule has 9 heteroatoms. The SMILES string of the molecule is CCn1c(SCC(=O)N2CCN(C)CC2)nnc1[C@@H](C)NC(=O)c1ccccc1. The van der Waals surface area contributed by atoms with Crippen LogP contribution in [0.5, 0.6) is 0 Å². The number of hydrogen-bond acceptors (Lipinski definition) is 6. The first-order chi connectivity index (χ1) is 14.0. The Kier molecular flexibility index (Phi) is 7.27. The van der Waals surface area contributed by atoms with Crippen LogP contribution in [-0.2, 0) is 11.3 Å². The van der Waals surface area contributed by atoms with Crippen LogP contribution in [0.25, 0.3) is 0 Å². The summed E-state index contributed by atoms with van der Waals surface area (Å²) in [7, 11) is 2.07.